The molecule has 0 aliphatic rings. The Kier molecular flexibility index (Phi) is 4.11. The Morgan fingerprint density at radius 1 is 1.53 bits per heavy atom. The quantitative estimate of drug-likeness (QED) is 0.670. The summed E-state index contributed by atoms with van der Waals surface area (Å²) in [6.45, 7) is 4.45. The van der Waals surface area contributed by atoms with Gasteiger partial charge in [0.25, 0.3) is 0 Å². The molecule has 0 atom stereocenters. The molecule has 5 nitrogen and oxygen atoms in total. The fourth-order valence-electron chi connectivity index (χ4n) is 1.83. The van der Waals surface area contributed by atoms with Gasteiger partial charge in [-0.15, -0.1) is 11.3 Å². The van der Waals surface area contributed by atoms with Crippen molar-refractivity contribution in [2.24, 2.45) is 0 Å². The van der Waals surface area contributed by atoms with Gasteiger partial charge in [0, 0.05) is 17.1 Å². The Morgan fingerprint density at radius 3 is 3.00 bits per heavy atom. The highest BCUT2D eigenvalue weighted by molar-refractivity contribution is 7.10. The lowest BCUT2D eigenvalue weighted by atomic mass is 10.2. The molecule has 0 aliphatic heterocycles. The standard InChI is InChI=1S/C13H15N3O2S/c1-3-10-4-5-19-12(10)8-15-13-11(16(17)18)6-9(2)7-14-13/h4-7H,3,8H2,1-2H3,(H,14,15). The molecule has 0 radical (unpaired) electrons. The lowest BCUT2D eigenvalue weighted by Gasteiger charge is -2.06. The van der Waals surface area contributed by atoms with Crippen LogP contribution in [-0.4, -0.2) is 9.91 Å². The number of nitrogens with one attached hydrogen (secondary N) is 1. The van der Waals surface area contributed by atoms with Crippen molar-refractivity contribution in [3.63, 3.8) is 0 Å². The number of hydrogen-bond donors (Lipinski definition) is 1. The molecule has 0 fully saturated rings. The van der Waals surface area contributed by atoms with E-state index in [1.807, 2.05) is 5.38 Å². The summed E-state index contributed by atoms with van der Waals surface area (Å²) in [4.78, 5) is 15.9. The second-order valence-electron chi connectivity index (χ2n) is 4.21. The monoisotopic (exact) mass is 277 g/mol. The number of anilines is 1. The molecule has 2 aromatic rings. The average molecular weight is 277 g/mol. The van der Waals surface area contributed by atoms with Crippen molar-refractivity contribution < 1.29 is 4.92 Å². The van der Waals surface area contributed by atoms with Gasteiger partial charge in [-0.05, 0) is 35.9 Å². The van der Waals surface area contributed by atoms with Crippen molar-refractivity contribution in [3.8, 4) is 0 Å². The minimum atomic E-state index is -0.405. The van der Waals surface area contributed by atoms with Gasteiger partial charge in [0.1, 0.15) is 0 Å². The number of thiophene rings is 1. The number of nitrogens with zero attached hydrogens (tertiary/aromatic N) is 2. The largest absolute Gasteiger partial charge is 0.359 e. The molecule has 2 heterocycles. The van der Waals surface area contributed by atoms with E-state index in [1.54, 1.807) is 24.5 Å². The summed E-state index contributed by atoms with van der Waals surface area (Å²) in [6, 6.07) is 3.61. The van der Waals surface area contributed by atoms with Gasteiger partial charge in [0.05, 0.1) is 11.5 Å². The number of rotatable bonds is 5. The van der Waals surface area contributed by atoms with E-state index >= 15 is 0 Å². The van der Waals surface area contributed by atoms with Crippen molar-refractivity contribution >= 4 is 22.8 Å². The van der Waals surface area contributed by atoms with E-state index in [0.717, 1.165) is 12.0 Å². The van der Waals surface area contributed by atoms with Crippen molar-refractivity contribution in [3.05, 3.63) is 49.8 Å². The molecule has 0 unspecified atom stereocenters. The van der Waals surface area contributed by atoms with Crippen molar-refractivity contribution in [2.75, 3.05) is 5.32 Å². The molecule has 19 heavy (non-hydrogen) atoms. The van der Waals surface area contributed by atoms with Crippen LogP contribution < -0.4 is 5.32 Å². The van der Waals surface area contributed by atoms with E-state index in [2.05, 4.69) is 23.3 Å². The van der Waals surface area contributed by atoms with Gasteiger partial charge in [-0.2, -0.15) is 0 Å². The molecule has 0 aliphatic carbocycles. The highest BCUT2D eigenvalue weighted by Crippen LogP contribution is 2.24. The summed E-state index contributed by atoms with van der Waals surface area (Å²) in [6.07, 6.45) is 2.59. The molecule has 0 saturated carbocycles. The molecule has 1 N–H and O–H groups in total. The molecule has 0 spiro atoms. The van der Waals surface area contributed by atoms with E-state index < -0.39 is 4.92 Å². The normalized spacial score (nSPS) is 10.4. The third-order valence-electron chi connectivity index (χ3n) is 2.84. The summed E-state index contributed by atoms with van der Waals surface area (Å²) in [7, 11) is 0. The highest BCUT2D eigenvalue weighted by atomic mass is 32.1. The zero-order valence-electron chi connectivity index (χ0n) is 10.8. The maximum atomic E-state index is 11.0. The van der Waals surface area contributed by atoms with Crippen molar-refractivity contribution in [2.45, 2.75) is 26.8 Å². The van der Waals surface area contributed by atoms with E-state index in [9.17, 15) is 10.1 Å². The van der Waals surface area contributed by atoms with Crippen LogP contribution in [0.3, 0.4) is 0 Å². The molecule has 0 amide bonds. The Morgan fingerprint density at radius 2 is 2.32 bits per heavy atom. The predicted molar refractivity (Wildman–Crippen MR) is 76.7 cm³/mol. The van der Waals surface area contributed by atoms with Gasteiger partial charge in [0.2, 0.25) is 5.82 Å². The molecule has 6 heteroatoms. The number of aryl methyl sites for hydroxylation is 2. The third kappa shape index (κ3) is 3.08. The molecule has 2 rings (SSSR count). The van der Waals surface area contributed by atoms with Crippen LogP contribution in [0.5, 0.6) is 0 Å². The lowest BCUT2D eigenvalue weighted by Crippen LogP contribution is -2.05. The van der Waals surface area contributed by atoms with E-state index in [0.29, 0.717) is 12.4 Å². The molecule has 0 bridgehead atoms. The zero-order chi connectivity index (χ0) is 13.8. The first-order valence-electron chi connectivity index (χ1n) is 6.02. The Bertz CT molecular complexity index is 595. The number of hydrogen-bond acceptors (Lipinski definition) is 5. The van der Waals surface area contributed by atoms with Crippen LogP contribution in [0.15, 0.2) is 23.7 Å². The summed E-state index contributed by atoms with van der Waals surface area (Å²) >= 11 is 1.65. The summed E-state index contributed by atoms with van der Waals surface area (Å²) in [5.41, 5.74) is 2.07. The number of pyridine rings is 1. The Labute approximate surface area is 115 Å². The molecule has 100 valence electrons. The number of nitro groups is 1. The van der Waals surface area contributed by atoms with Crippen LogP contribution in [0.4, 0.5) is 11.5 Å². The van der Waals surface area contributed by atoms with Crippen LogP contribution in [-0.2, 0) is 13.0 Å². The van der Waals surface area contributed by atoms with E-state index in [-0.39, 0.29) is 5.69 Å². The average Bonchev–Trinajstić information content (AvgIpc) is 2.84. The Balaban J connectivity index is 2.18. The second kappa shape index (κ2) is 5.79. The second-order valence-corrected chi connectivity index (χ2v) is 5.21. The zero-order valence-corrected chi connectivity index (χ0v) is 11.7. The summed E-state index contributed by atoms with van der Waals surface area (Å²) in [5.74, 6) is 0.325. The van der Waals surface area contributed by atoms with E-state index in [4.69, 9.17) is 0 Å². The lowest BCUT2D eigenvalue weighted by molar-refractivity contribution is -0.384. The fraction of sp³-hybridized carbons (Fsp3) is 0.308. The SMILES string of the molecule is CCc1ccsc1CNc1ncc(C)cc1[N+](=O)[O-]. The summed E-state index contributed by atoms with van der Waals surface area (Å²) in [5, 5.41) is 16.1. The van der Waals surface area contributed by atoms with Gasteiger partial charge in [-0.25, -0.2) is 4.98 Å². The first kappa shape index (κ1) is 13.5. The minimum absolute atomic E-state index is 0.0228. The van der Waals surface area contributed by atoms with Crippen molar-refractivity contribution in [1.29, 1.82) is 0 Å². The maximum Gasteiger partial charge on any atom is 0.311 e. The third-order valence-corrected chi connectivity index (χ3v) is 3.80. The van der Waals surface area contributed by atoms with Gasteiger partial charge < -0.3 is 5.32 Å². The summed E-state index contributed by atoms with van der Waals surface area (Å²) < 4.78 is 0. The van der Waals surface area contributed by atoms with Crippen LogP contribution in [0, 0.1) is 17.0 Å². The smallest absolute Gasteiger partial charge is 0.311 e. The highest BCUT2D eigenvalue weighted by Gasteiger charge is 2.15. The molecule has 0 aromatic carbocycles. The first-order chi connectivity index (χ1) is 9.11. The van der Waals surface area contributed by atoms with Gasteiger partial charge >= 0.3 is 5.69 Å². The van der Waals surface area contributed by atoms with Crippen molar-refractivity contribution in [1.82, 2.24) is 4.98 Å². The van der Waals surface area contributed by atoms with Gasteiger partial charge in [-0.3, -0.25) is 10.1 Å². The Hall–Kier alpha value is -1.95. The molecule has 0 saturated heterocycles. The number of aromatic nitrogens is 1. The minimum Gasteiger partial charge on any atom is -0.359 e. The van der Waals surface area contributed by atoms with Crippen LogP contribution >= 0.6 is 11.3 Å². The fourth-order valence-corrected chi connectivity index (χ4v) is 2.75. The topological polar surface area (TPSA) is 68.1 Å². The van der Waals surface area contributed by atoms with E-state index in [1.165, 1.54) is 16.5 Å². The van der Waals surface area contributed by atoms with Gasteiger partial charge in [0.15, 0.2) is 0 Å². The van der Waals surface area contributed by atoms with Crippen LogP contribution in [0.1, 0.15) is 22.9 Å². The predicted octanol–water partition coefficient (Wildman–Crippen LogP) is 3.53. The molecular weight excluding hydrogens is 262 g/mol. The van der Waals surface area contributed by atoms with Crippen LogP contribution in [0.2, 0.25) is 0 Å². The van der Waals surface area contributed by atoms with Crippen LogP contribution in [0.25, 0.3) is 0 Å². The molecule has 2 aromatic heterocycles. The molecular formula is C13H15N3O2S. The maximum absolute atomic E-state index is 11.0. The first-order valence-corrected chi connectivity index (χ1v) is 6.90. The van der Waals surface area contributed by atoms with Gasteiger partial charge in [-0.1, -0.05) is 6.92 Å².